The number of carbonyl (C=O) groups is 2. The molecule has 0 unspecified atom stereocenters. The van der Waals surface area contributed by atoms with E-state index in [-0.39, 0.29) is 35.2 Å². The third-order valence-electron chi connectivity index (χ3n) is 6.10. The van der Waals surface area contributed by atoms with Gasteiger partial charge in [0.25, 0.3) is 0 Å². The van der Waals surface area contributed by atoms with Gasteiger partial charge in [-0.15, -0.1) is 0 Å². The highest BCUT2D eigenvalue weighted by atomic mass is 35.5. The Morgan fingerprint density at radius 3 is 2.20 bits per heavy atom. The van der Waals surface area contributed by atoms with Crippen LogP contribution in [0.2, 0.25) is 10.0 Å². The van der Waals surface area contributed by atoms with Gasteiger partial charge in [-0.2, -0.15) is 13.2 Å². The molecule has 220 valence electrons. The summed E-state index contributed by atoms with van der Waals surface area (Å²) >= 11 is 12.2. The van der Waals surface area contributed by atoms with Crippen LogP contribution in [0.3, 0.4) is 0 Å². The predicted octanol–water partition coefficient (Wildman–Crippen LogP) is 5.55. The van der Waals surface area contributed by atoms with Gasteiger partial charge in [0.1, 0.15) is 12.6 Å². The number of amides is 2. The first kappa shape index (κ1) is 32.2. The molecule has 1 N–H and O–H groups in total. The van der Waals surface area contributed by atoms with Crippen molar-refractivity contribution in [2.24, 2.45) is 0 Å². The minimum atomic E-state index is -4.73. The van der Waals surface area contributed by atoms with Gasteiger partial charge in [-0.25, -0.2) is 8.42 Å². The topological polar surface area (TPSA) is 86.8 Å². The molecule has 0 bridgehead atoms. The number of likely N-dealkylation sites (N-methyl/N-ethyl adjacent to an activating group) is 1. The number of sulfonamides is 1. The van der Waals surface area contributed by atoms with E-state index in [1.54, 1.807) is 43.3 Å². The van der Waals surface area contributed by atoms with Crippen molar-refractivity contribution in [1.82, 2.24) is 10.2 Å². The van der Waals surface area contributed by atoms with Crippen molar-refractivity contribution < 1.29 is 31.2 Å². The largest absolute Gasteiger partial charge is 0.416 e. The number of hydrogen-bond acceptors (Lipinski definition) is 4. The van der Waals surface area contributed by atoms with Crippen molar-refractivity contribution in [2.75, 3.05) is 23.7 Å². The summed E-state index contributed by atoms with van der Waals surface area (Å²) in [4.78, 5) is 28.4. The van der Waals surface area contributed by atoms with E-state index in [4.69, 9.17) is 23.2 Å². The monoisotopic (exact) mass is 629 g/mol. The van der Waals surface area contributed by atoms with Crippen LogP contribution in [0.1, 0.15) is 23.6 Å². The molecule has 0 aromatic heterocycles. The molecule has 3 aromatic rings. The number of nitrogens with one attached hydrogen (secondary N) is 1. The summed E-state index contributed by atoms with van der Waals surface area (Å²) in [7, 11) is -4.23. The standard InChI is InChI=1S/C28H28Cl2F3N3O4S/c1-3-34-27(38)25(15-19-8-5-4-6-9-19)35(17-20-12-13-23(29)24(30)14-20)26(37)18-36(41(2,39)40)22-11-7-10-21(16-22)28(31,32)33/h4-14,16,25H,3,15,17-18H2,1-2H3,(H,34,38)/t25-/m0/s1. The SMILES string of the molecule is CCNC(=O)[C@H](Cc1ccccc1)N(Cc1ccc(Cl)c(Cl)c1)C(=O)CN(c1cccc(C(F)(F)F)c1)S(C)(=O)=O. The number of hydrogen-bond donors (Lipinski definition) is 1. The number of alkyl halides is 3. The summed E-state index contributed by atoms with van der Waals surface area (Å²) in [6.07, 6.45) is -3.86. The number of benzene rings is 3. The van der Waals surface area contributed by atoms with Gasteiger partial charge in [0.15, 0.2) is 0 Å². The zero-order chi connectivity index (χ0) is 30.4. The van der Waals surface area contributed by atoms with Crippen LogP contribution in [0, 0.1) is 0 Å². The number of anilines is 1. The summed E-state index contributed by atoms with van der Waals surface area (Å²) in [5.41, 5.74) is -0.190. The van der Waals surface area contributed by atoms with Crippen molar-refractivity contribution in [2.45, 2.75) is 32.1 Å². The van der Waals surface area contributed by atoms with Gasteiger partial charge in [0, 0.05) is 19.5 Å². The molecule has 2 amide bonds. The Morgan fingerprint density at radius 2 is 1.61 bits per heavy atom. The molecule has 0 radical (unpaired) electrons. The van der Waals surface area contributed by atoms with Crippen molar-refractivity contribution in [3.05, 3.63) is 99.5 Å². The minimum absolute atomic E-state index is 0.0855. The van der Waals surface area contributed by atoms with Gasteiger partial charge in [-0.1, -0.05) is 65.7 Å². The van der Waals surface area contributed by atoms with Gasteiger partial charge in [0.05, 0.1) is 27.6 Å². The Labute approximate surface area is 246 Å². The van der Waals surface area contributed by atoms with Crippen LogP contribution in [0.25, 0.3) is 0 Å². The molecular formula is C28H28Cl2F3N3O4S. The molecule has 0 spiro atoms. The van der Waals surface area contributed by atoms with Gasteiger partial charge in [-0.3, -0.25) is 13.9 Å². The summed E-state index contributed by atoms with van der Waals surface area (Å²) in [6.45, 7) is 0.955. The van der Waals surface area contributed by atoms with Crippen LogP contribution < -0.4 is 9.62 Å². The molecule has 0 aliphatic heterocycles. The van der Waals surface area contributed by atoms with E-state index in [1.807, 2.05) is 0 Å². The first-order valence-corrected chi connectivity index (χ1v) is 15.0. The van der Waals surface area contributed by atoms with E-state index >= 15 is 0 Å². The highest BCUT2D eigenvalue weighted by Gasteiger charge is 2.35. The molecule has 0 aliphatic rings. The van der Waals surface area contributed by atoms with Gasteiger partial charge >= 0.3 is 6.18 Å². The van der Waals surface area contributed by atoms with E-state index in [0.29, 0.717) is 15.9 Å². The molecular weight excluding hydrogens is 602 g/mol. The molecule has 1 atom stereocenters. The van der Waals surface area contributed by atoms with Crippen LogP contribution >= 0.6 is 23.2 Å². The Kier molecular flexibility index (Phi) is 10.7. The fourth-order valence-electron chi connectivity index (χ4n) is 4.13. The van der Waals surface area contributed by atoms with Gasteiger partial charge < -0.3 is 10.2 Å². The van der Waals surface area contributed by atoms with Crippen LogP contribution in [0.15, 0.2) is 72.8 Å². The lowest BCUT2D eigenvalue weighted by Gasteiger charge is -2.33. The summed E-state index contributed by atoms with van der Waals surface area (Å²) in [5, 5.41) is 3.18. The lowest BCUT2D eigenvalue weighted by molar-refractivity contribution is -0.140. The Hall–Kier alpha value is -3.28. The van der Waals surface area contributed by atoms with E-state index < -0.39 is 46.2 Å². The molecule has 3 rings (SSSR count). The van der Waals surface area contributed by atoms with E-state index in [2.05, 4.69) is 5.32 Å². The molecule has 3 aromatic carbocycles. The van der Waals surface area contributed by atoms with Crippen LogP contribution in [-0.4, -0.2) is 50.5 Å². The number of carbonyl (C=O) groups excluding carboxylic acids is 2. The van der Waals surface area contributed by atoms with E-state index in [0.717, 1.165) is 30.0 Å². The molecule has 41 heavy (non-hydrogen) atoms. The second kappa shape index (κ2) is 13.6. The summed E-state index contributed by atoms with van der Waals surface area (Å²) in [6, 6.07) is 16.1. The zero-order valence-electron chi connectivity index (χ0n) is 22.2. The van der Waals surface area contributed by atoms with Crippen molar-refractivity contribution >= 4 is 50.7 Å². The second-order valence-electron chi connectivity index (χ2n) is 9.19. The van der Waals surface area contributed by atoms with Gasteiger partial charge in [0.2, 0.25) is 21.8 Å². The van der Waals surface area contributed by atoms with Crippen molar-refractivity contribution in [3.63, 3.8) is 0 Å². The Morgan fingerprint density at radius 1 is 0.927 bits per heavy atom. The molecule has 0 fully saturated rings. The quantitative estimate of drug-likeness (QED) is 0.301. The van der Waals surface area contributed by atoms with Crippen molar-refractivity contribution in [3.8, 4) is 0 Å². The van der Waals surface area contributed by atoms with Crippen molar-refractivity contribution in [1.29, 1.82) is 0 Å². The van der Waals surface area contributed by atoms with E-state index in [9.17, 15) is 31.2 Å². The average molecular weight is 631 g/mol. The highest BCUT2D eigenvalue weighted by Crippen LogP contribution is 2.32. The molecule has 0 aliphatic carbocycles. The maximum Gasteiger partial charge on any atom is 0.416 e. The fourth-order valence-corrected chi connectivity index (χ4v) is 5.29. The summed E-state index contributed by atoms with van der Waals surface area (Å²) < 4.78 is 66.3. The Balaban J connectivity index is 2.08. The van der Waals surface area contributed by atoms with Crippen LogP contribution in [-0.2, 0) is 38.8 Å². The van der Waals surface area contributed by atoms with Crippen LogP contribution in [0.5, 0.6) is 0 Å². The maximum absolute atomic E-state index is 13.9. The first-order valence-electron chi connectivity index (χ1n) is 12.4. The number of nitrogens with zero attached hydrogens (tertiary/aromatic N) is 2. The maximum atomic E-state index is 13.9. The molecule has 0 heterocycles. The lowest BCUT2D eigenvalue weighted by Crippen LogP contribution is -2.53. The fraction of sp³-hybridized carbons (Fsp3) is 0.286. The van der Waals surface area contributed by atoms with E-state index in [1.165, 1.54) is 17.0 Å². The zero-order valence-corrected chi connectivity index (χ0v) is 24.5. The average Bonchev–Trinajstić information content (AvgIpc) is 2.90. The first-order chi connectivity index (χ1) is 19.2. The molecule has 7 nitrogen and oxygen atoms in total. The number of halogens is 5. The minimum Gasteiger partial charge on any atom is -0.355 e. The Bertz CT molecular complexity index is 1490. The summed E-state index contributed by atoms with van der Waals surface area (Å²) in [5.74, 6) is -1.30. The third-order valence-corrected chi connectivity index (χ3v) is 7.98. The lowest BCUT2D eigenvalue weighted by atomic mass is 10.0. The molecule has 0 saturated carbocycles. The van der Waals surface area contributed by atoms with Crippen LogP contribution in [0.4, 0.5) is 18.9 Å². The highest BCUT2D eigenvalue weighted by molar-refractivity contribution is 7.92. The second-order valence-corrected chi connectivity index (χ2v) is 11.9. The normalized spacial score (nSPS) is 12.5. The number of rotatable bonds is 11. The molecule has 13 heteroatoms. The smallest absolute Gasteiger partial charge is 0.355 e. The van der Waals surface area contributed by atoms with Gasteiger partial charge in [-0.05, 0) is 48.4 Å². The predicted molar refractivity (Wildman–Crippen MR) is 153 cm³/mol. The molecule has 0 saturated heterocycles. The third kappa shape index (κ3) is 8.85.